The molecule has 78 valence electrons. The molecule has 4 heteroatoms. The normalized spacial score (nSPS) is 14.0. The minimum atomic E-state index is -0.861. The fraction of sp³-hybridized carbons (Fsp3) is 0.600. The highest BCUT2D eigenvalue weighted by Gasteiger charge is 2.21. The third-order valence-corrected chi connectivity index (χ3v) is 2.18. The second kappa shape index (κ2) is 3.44. The van der Waals surface area contributed by atoms with Crippen molar-refractivity contribution in [2.24, 2.45) is 0 Å². The maximum atomic E-state index is 10.7. The quantitative estimate of drug-likeness (QED) is 0.759. The van der Waals surface area contributed by atoms with E-state index >= 15 is 0 Å². The van der Waals surface area contributed by atoms with Crippen LogP contribution in [0.4, 0.5) is 0 Å². The predicted octanol–water partition coefficient (Wildman–Crippen LogP) is 1.90. The second-order valence-corrected chi connectivity index (χ2v) is 4.49. The third kappa shape index (κ3) is 2.13. The average Bonchev–Trinajstić information content (AvgIpc) is 2.49. The largest absolute Gasteiger partial charge is 0.481 e. The number of carboxylic acids is 1. The molecule has 0 aliphatic carbocycles. The van der Waals surface area contributed by atoms with E-state index in [4.69, 9.17) is 5.11 Å². The van der Waals surface area contributed by atoms with Crippen LogP contribution in [0.5, 0.6) is 0 Å². The Balaban J connectivity index is 2.94. The first-order valence-corrected chi connectivity index (χ1v) is 4.60. The molecule has 0 saturated heterocycles. The minimum absolute atomic E-state index is 0.0243. The van der Waals surface area contributed by atoms with Gasteiger partial charge in [0.15, 0.2) is 0 Å². The summed E-state index contributed by atoms with van der Waals surface area (Å²) < 4.78 is 0. The van der Waals surface area contributed by atoms with E-state index < -0.39 is 11.9 Å². The molecule has 1 rings (SSSR count). The van der Waals surface area contributed by atoms with Gasteiger partial charge in [-0.3, -0.25) is 4.79 Å². The molecule has 2 N–H and O–H groups in total. The van der Waals surface area contributed by atoms with Crippen LogP contribution in [0.3, 0.4) is 0 Å². The molecule has 1 aromatic rings. The number of nitrogens with one attached hydrogen (secondary N) is 1. The number of rotatable bonds is 2. The topological polar surface area (TPSA) is 66.0 Å². The Morgan fingerprint density at radius 2 is 2.14 bits per heavy atom. The van der Waals surface area contributed by atoms with Crippen molar-refractivity contribution in [2.75, 3.05) is 0 Å². The van der Waals surface area contributed by atoms with Gasteiger partial charge in [0.05, 0.1) is 0 Å². The van der Waals surface area contributed by atoms with Crippen molar-refractivity contribution in [3.05, 3.63) is 17.7 Å². The minimum Gasteiger partial charge on any atom is -0.481 e. The molecule has 0 amide bonds. The number of aliphatic carboxylic acids is 1. The molecule has 0 bridgehead atoms. The number of carboxylic acid groups (broad SMARTS) is 1. The molecular formula is C10H16N2O2. The molecule has 0 fully saturated rings. The summed E-state index contributed by atoms with van der Waals surface area (Å²) in [4.78, 5) is 17.8. The van der Waals surface area contributed by atoms with E-state index in [1.165, 1.54) is 0 Å². The summed E-state index contributed by atoms with van der Waals surface area (Å²) in [6.07, 6.45) is 1.70. The van der Waals surface area contributed by atoms with Gasteiger partial charge in [0.2, 0.25) is 0 Å². The van der Waals surface area contributed by atoms with Gasteiger partial charge in [0.25, 0.3) is 0 Å². The molecule has 4 nitrogen and oxygen atoms in total. The summed E-state index contributed by atoms with van der Waals surface area (Å²) in [5.74, 6) is -0.923. The van der Waals surface area contributed by atoms with E-state index in [0.717, 1.165) is 5.69 Å². The number of hydrogen-bond donors (Lipinski definition) is 2. The number of carbonyl (C=O) groups is 1. The van der Waals surface area contributed by atoms with Gasteiger partial charge in [0, 0.05) is 17.3 Å². The Kier molecular flexibility index (Phi) is 2.64. The molecule has 0 radical (unpaired) electrons. The van der Waals surface area contributed by atoms with Crippen molar-refractivity contribution in [1.29, 1.82) is 0 Å². The van der Waals surface area contributed by atoms with Crippen molar-refractivity contribution < 1.29 is 9.90 Å². The molecule has 0 spiro atoms. The molecule has 0 saturated carbocycles. The molecule has 0 aromatic carbocycles. The van der Waals surface area contributed by atoms with Gasteiger partial charge >= 0.3 is 5.97 Å². The zero-order chi connectivity index (χ0) is 10.9. The van der Waals surface area contributed by atoms with Gasteiger partial charge in [0.1, 0.15) is 11.7 Å². The van der Waals surface area contributed by atoms with Crippen LogP contribution in [0.1, 0.15) is 45.1 Å². The van der Waals surface area contributed by atoms with Crippen LogP contribution in [0.2, 0.25) is 0 Å². The van der Waals surface area contributed by atoms with Crippen molar-refractivity contribution >= 4 is 5.97 Å². The van der Waals surface area contributed by atoms with Gasteiger partial charge in [-0.05, 0) is 6.92 Å². The highest BCUT2D eigenvalue weighted by Crippen LogP contribution is 2.22. The first-order chi connectivity index (χ1) is 6.32. The Labute approximate surface area is 83.4 Å². The van der Waals surface area contributed by atoms with E-state index in [0.29, 0.717) is 5.82 Å². The lowest BCUT2D eigenvalue weighted by Crippen LogP contribution is -2.13. The van der Waals surface area contributed by atoms with Crippen molar-refractivity contribution in [1.82, 2.24) is 9.97 Å². The maximum Gasteiger partial charge on any atom is 0.313 e. The Morgan fingerprint density at radius 1 is 1.57 bits per heavy atom. The Morgan fingerprint density at radius 3 is 2.50 bits per heavy atom. The molecule has 0 aliphatic rings. The first kappa shape index (κ1) is 10.8. The molecular weight excluding hydrogens is 180 g/mol. The van der Waals surface area contributed by atoms with Gasteiger partial charge in [-0.1, -0.05) is 20.8 Å². The van der Waals surface area contributed by atoms with Crippen LogP contribution in [0.15, 0.2) is 6.20 Å². The van der Waals surface area contributed by atoms with Crippen LogP contribution in [-0.2, 0) is 10.2 Å². The van der Waals surface area contributed by atoms with E-state index in [-0.39, 0.29) is 5.41 Å². The molecule has 1 heterocycles. The van der Waals surface area contributed by atoms with Crippen molar-refractivity contribution in [3.63, 3.8) is 0 Å². The maximum absolute atomic E-state index is 10.7. The highest BCUT2D eigenvalue weighted by atomic mass is 16.4. The fourth-order valence-corrected chi connectivity index (χ4v) is 1.05. The molecule has 0 aliphatic heterocycles. The zero-order valence-electron chi connectivity index (χ0n) is 8.96. The molecule has 1 unspecified atom stereocenters. The fourth-order valence-electron chi connectivity index (χ4n) is 1.05. The molecule has 1 atom stereocenters. The first-order valence-electron chi connectivity index (χ1n) is 4.60. The lowest BCUT2D eigenvalue weighted by Gasteiger charge is -2.15. The highest BCUT2D eigenvalue weighted by molar-refractivity contribution is 5.74. The van der Waals surface area contributed by atoms with E-state index in [1.54, 1.807) is 13.1 Å². The van der Waals surface area contributed by atoms with Gasteiger partial charge < -0.3 is 10.1 Å². The summed E-state index contributed by atoms with van der Waals surface area (Å²) in [5.41, 5.74) is 0.935. The van der Waals surface area contributed by atoms with Crippen LogP contribution < -0.4 is 0 Å². The second-order valence-electron chi connectivity index (χ2n) is 4.49. The standard InChI is InChI=1S/C10H16N2O2/c1-6(9(13)14)8-11-5-7(12-8)10(2,3)4/h5-6H,1-4H3,(H,11,12)(H,13,14). The summed E-state index contributed by atoms with van der Waals surface area (Å²) in [7, 11) is 0. The van der Waals surface area contributed by atoms with E-state index in [1.807, 2.05) is 0 Å². The average molecular weight is 196 g/mol. The smallest absolute Gasteiger partial charge is 0.313 e. The number of hydrogen-bond acceptors (Lipinski definition) is 2. The van der Waals surface area contributed by atoms with Crippen LogP contribution in [0, 0.1) is 0 Å². The lowest BCUT2D eigenvalue weighted by molar-refractivity contribution is -0.138. The summed E-state index contributed by atoms with van der Waals surface area (Å²) in [6, 6.07) is 0. The summed E-state index contributed by atoms with van der Waals surface area (Å²) >= 11 is 0. The van der Waals surface area contributed by atoms with Gasteiger partial charge in [-0.2, -0.15) is 0 Å². The number of nitrogens with zero attached hydrogens (tertiary/aromatic N) is 1. The number of imidazole rings is 1. The summed E-state index contributed by atoms with van der Waals surface area (Å²) in [6.45, 7) is 7.77. The van der Waals surface area contributed by atoms with Crippen LogP contribution in [0.25, 0.3) is 0 Å². The Bertz CT molecular complexity index is 336. The number of H-pyrrole nitrogens is 1. The SMILES string of the molecule is CC(C(=O)O)c1ncc(C(C)(C)C)[nH]1. The molecule has 1 aromatic heterocycles. The number of aromatic nitrogens is 2. The number of aromatic amines is 1. The van der Waals surface area contributed by atoms with Crippen LogP contribution in [-0.4, -0.2) is 21.0 Å². The predicted molar refractivity (Wildman–Crippen MR) is 53.3 cm³/mol. The zero-order valence-corrected chi connectivity index (χ0v) is 8.96. The van der Waals surface area contributed by atoms with Crippen molar-refractivity contribution in [3.8, 4) is 0 Å². The van der Waals surface area contributed by atoms with Gasteiger partial charge in [-0.25, -0.2) is 4.98 Å². The van der Waals surface area contributed by atoms with Gasteiger partial charge in [-0.15, -0.1) is 0 Å². The van der Waals surface area contributed by atoms with E-state index in [2.05, 4.69) is 30.7 Å². The lowest BCUT2D eigenvalue weighted by atomic mass is 9.93. The van der Waals surface area contributed by atoms with Crippen LogP contribution >= 0.6 is 0 Å². The van der Waals surface area contributed by atoms with Crippen molar-refractivity contribution in [2.45, 2.75) is 39.0 Å². The van der Waals surface area contributed by atoms with E-state index in [9.17, 15) is 4.79 Å². The summed E-state index contributed by atoms with van der Waals surface area (Å²) in [5, 5.41) is 8.79. The monoisotopic (exact) mass is 196 g/mol. The molecule has 14 heavy (non-hydrogen) atoms. The Hall–Kier alpha value is -1.32. The third-order valence-electron chi connectivity index (χ3n) is 2.18.